The van der Waals surface area contributed by atoms with E-state index in [1.54, 1.807) is 17.4 Å². The number of benzene rings is 1. The third-order valence-corrected chi connectivity index (χ3v) is 2.72. The molecule has 0 saturated carbocycles. The van der Waals surface area contributed by atoms with Gasteiger partial charge in [0.2, 0.25) is 0 Å². The minimum atomic E-state index is 0.414. The number of nitrogens with zero attached hydrogens (tertiary/aromatic N) is 5. The van der Waals surface area contributed by atoms with Crippen molar-refractivity contribution >= 4 is 22.8 Å². The molecule has 0 fully saturated rings. The Kier molecular flexibility index (Phi) is 2.19. The number of hydrazone groups is 1. The van der Waals surface area contributed by atoms with Crippen LogP contribution in [-0.4, -0.2) is 23.0 Å². The number of rotatable bonds is 2. The number of hydrogen-bond donors (Lipinski definition) is 0. The first-order chi connectivity index (χ1) is 8.40. The second-order valence-electron chi connectivity index (χ2n) is 3.76. The molecule has 0 saturated heterocycles. The maximum Gasteiger partial charge on any atom is 0.180 e. The van der Waals surface area contributed by atoms with E-state index >= 15 is 0 Å². The molecule has 0 aliphatic carbocycles. The Morgan fingerprint density at radius 3 is 3.18 bits per heavy atom. The van der Waals surface area contributed by atoms with Crippen molar-refractivity contribution in [1.29, 1.82) is 5.26 Å². The molecule has 5 heteroatoms. The van der Waals surface area contributed by atoms with E-state index in [4.69, 9.17) is 5.26 Å². The largest absolute Gasteiger partial charge is 0.245 e. The normalized spacial score (nSPS) is 12.8. The molecule has 82 valence electrons. The molecular weight excluding hydrogens is 214 g/mol. The monoisotopic (exact) mass is 223 g/mol. The molecule has 1 aliphatic rings. The maximum absolute atomic E-state index is 8.62. The number of aromatic nitrogens is 2. The van der Waals surface area contributed by atoms with E-state index in [2.05, 4.69) is 21.4 Å². The molecule has 0 N–H and O–H groups in total. The Bertz CT molecular complexity index is 636. The molecule has 2 aromatic rings. The smallest absolute Gasteiger partial charge is 0.180 e. The molecule has 0 radical (unpaired) electrons. The summed E-state index contributed by atoms with van der Waals surface area (Å²) in [5.41, 5.74) is 1.04. The van der Waals surface area contributed by atoms with Gasteiger partial charge < -0.3 is 0 Å². The van der Waals surface area contributed by atoms with E-state index in [9.17, 15) is 0 Å². The van der Waals surface area contributed by atoms with E-state index in [1.165, 1.54) is 0 Å². The van der Waals surface area contributed by atoms with Crippen molar-refractivity contribution in [3.63, 3.8) is 0 Å². The topological polar surface area (TPSA) is 65.2 Å². The highest BCUT2D eigenvalue weighted by Gasteiger charge is 2.17. The summed E-state index contributed by atoms with van der Waals surface area (Å²) in [6.07, 6.45) is 3.95. The van der Waals surface area contributed by atoms with Gasteiger partial charge in [-0.15, -0.1) is 5.10 Å². The first-order valence-electron chi connectivity index (χ1n) is 5.33. The third kappa shape index (κ3) is 1.51. The predicted octanol–water partition coefficient (Wildman–Crippen LogP) is 1.70. The fourth-order valence-electron chi connectivity index (χ4n) is 1.94. The fraction of sp³-hybridized carbons (Fsp3) is 0.167. The van der Waals surface area contributed by atoms with Gasteiger partial charge in [-0.2, -0.15) is 15.5 Å². The summed E-state index contributed by atoms with van der Waals surface area (Å²) in [7, 11) is 0. The number of anilines is 1. The quantitative estimate of drug-likeness (QED) is 0.777. The summed E-state index contributed by atoms with van der Waals surface area (Å²) < 4.78 is 0. The molecule has 5 nitrogen and oxygen atoms in total. The molecule has 0 unspecified atom stereocenters. The minimum Gasteiger partial charge on any atom is -0.245 e. The lowest BCUT2D eigenvalue weighted by Gasteiger charge is -2.21. The van der Waals surface area contributed by atoms with Gasteiger partial charge in [-0.3, -0.25) is 0 Å². The fourth-order valence-corrected chi connectivity index (χ4v) is 1.94. The van der Waals surface area contributed by atoms with Crippen LogP contribution >= 0.6 is 0 Å². The van der Waals surface area contributed by atoms with Crippen LogP contribution in [0.4, 0.5) is 5.82 Å². The zero-order valence-corrected chi connectivity index (χ0v) is 9.04. The Hall–Kier alpha value is -2.48. The highest BCUT2D eigenvalue weighted by atomic mass is 15.5. The van der Waals surface area contributed by atoms with Crippen LogP contribution in [0.25, 0.3) is 10.8 Å². The van der Waals surface area contributed by atoms with Gasteiger partial charge in [0.05, 0.1) is 31.4 Å². The molecule has 2 heterocycles. The Balaban J connectivity index is 2.17. The van der Waals surface area contributed by atoms with E-state index in [1.807, 2.05) is 18.2 Å². The molecule has 0 atom stereocenters. The summed E-state index contributed by atoms with van der Waals surface area (Å²) in [4.78, 5) is 0. The summed E-state index contributed by atoms with van der Waals surface area (Å²) in [6.45, 7) is 0.537. The molecule has 1 aliphatic heterocycles. The van der Waals surface area contributed by atoms with Crippen LogP contribution in [0.1, 0.15) is 12.0 Å². The highest BCUT2D eigenvalue weighted by molar-refractivity contribution is 6.07. The van der Waals surface area contributed by atoms with Crippen molar-refractivity contribution in [3.05, 3.63) is 30.0 Å². The minimum absolute atomic E-state index is 0.414. The summed E-state index contributed by atoms with van der Waals surface area (Å²) in [5.74, 6) is 0.732. The summed E-state index contributed by atoms with van der Waals surface area (Å²) in [5, 5.41) is 24.8. The van der Waals surface area contributed by atoms with Crippen LogP contribution in [0.2, 0.25) is 0 Å². The average Bonchev–Trinajstić information content (AvgIpc) is 2.39. The molecular formula is C12H9N5. The van der Waals surface area contributed by atoms with Crippen molar-refractivity contribution < 1.29 is 0 Å². The summed E-state index contributed by atoms with van der Waals surface area (Å²) in [6, 6.07) is 8.08. The van der Waals surface area contributed by atoms with Gasteiger partial charge >= 0.3 is 0 Å². The summed E-state index contributed by atoms with van der Waals surface area (Å²) >= 11 is 0. The second-order valence-corrected chi connectivity index (χ2v) is 3.76. The molecule has 0 amide bonds. The third-order valence-electron chi connectivity index (χ3n) is 2.72. The van der Waals surface area contributed by atoms with Crippen LogP contribution < -0.4 is 5.01 Å². The lowest BCUT2D eigenvalue weighted by Crippen LogP contribution is -2.22. The Morgan fingerprint density at radius 2 is 2.29 bits per heavy atom. The highest BCUT2D eigenvalue weighted by Crippen LogP contribution is 2.29. The van der Waals surface area contributed by atoms with Gasteiger partial charge in [0, 0.05) is 16.3 Å². The second kappa shape index (κ2) is 3.83. The molecule has 1 aromatic heterocycles. The van der Waals surface area contributed by atoms with Gasteiger partial charge in [-0.25, -0.2) is 5.01 Å². The van der Waals surface area contributed by atoms with Crippen LogP contribution in [0.15, 0.2) is 29.5 Å². The van der Waals surface area contributed by atoms with Gasteiger partial charge in [-0.05, 0) is 0 Å². The van der Waals surface area contributed by atoms with Crippen LogP contribution in [0.3, 0.4) is 0 Å². The maximum atomic E-state index is 8.62. The Labute approximate surface area is 98.0 Å². The van der Waals surface area contributed by atoms with Crippen molar-refractivity contribution in [2.24, 2.45) is 5.10 Å². The van der Waals surface area contributed by atoms with Crippen molar-refractivity contribution in [2.75, 3.05) is 11.6 Å². The molecule has 0 bridgehead atoms. The van der Waals surface area contributed by atoms with Crippen molar-refractivity contribution in [1.82, 2.24) is 10.2 Å². The van der Waals surface area contributed by atoms with Crippen LogP contribution in [0, 0.1) is 11.3 Å². The van der Waals surface area contributed by atoms with Gasteiger partial charge in [0.15, 0.2) is 5.82 Å². The standard InChI is InChI=1S/C12H9N5/c13-5-2-6-17-12-11-9(7-14-16-12)3-1-4-10(11)8-15-17/h1,3-4,7-8H,2,6H2. The van der Waals surface area contributed by atoms with E-state index in [-0.39, 0.29) is 0 Å². The van der Waals surface area contributed by atoms with Gasteiger partial charge in [-0.1, -0.05) is 18.2 Å². The SMILES string of the molecule is N#CCCN1N=Cc2cccc3cnnc1c23. The van der Waals surface area contributed by atoms with Crippen LogP contribution in [0.5, 0.6) is 0 Å². The van der Waals surface area contributed by atoms with E-state index < -0.39 is 0 Å². The molecule has 3 rings (SSSR count). The lowest BCUT2D eigenvalue weighted by atomic mass is 10.1. The molecule has 1 aromatic carbocycles. The average molecular weight is 223 g/mol. The van der Waals surface area contributed by atoms with Crippen molar-refractivity contribution in [3.8, 4) is 6.07 Å². The van der Waals surface area contributed by atoms with Gasteiger partial charge in [0.1, 0.15) is 0 Å². The lowest BCUT2D eigenvalue weighted by molar-refractivity contribution is 0.816. The van der Waals surface area contributed by atoms with Gasteiger partial charge in [0.25, 0.3) is 0 Å². The van der Waals surface area contributed by atoms with Crippen LogP contribution in [-0.2, 0) is 0 Å². The molecule has 17 heavy (non-hydrogen) atoms. The zero-order chi connectivity index (χ0) is 11.7. The number of nitriles is 1. The predicted molar refractivity (Wildman–Crippen MR) is 64.7 cm³/mol. The number of hydrogen-bond acceptors (Lipinski definition) is 5. The molecule has 0 spiro atoms. The first kappa shape index (κ1) is 9.73. The first-order valence-corrected chi connectivity index (χ1v) is 5.33. The zero-order valence-electron chi connectivity index (χ0n) is 9.04. The van der Waals surface area contributed by atoms with Crippen molar-refractivity contribution in [2.45, 2.75) is 6.42 Å². The van der Waals surface area contributed by atoms with E-state index in [0.717, 1.165) is 22.2 Å². The Morgan fingerprint density at radius 1 is 1.35 bits per heavy atom. The van der Waals surface area contributed by atoms with E-state index in [0.29, 0.717) is 13.0 Å².